The minimum atomic E-state index is 0.170. The maximum Gasteiger partial charge on any atom is 0.220 e. The molecule has 1 fully saturated rings. The van der Waals surface area contributed by atoms with E-state index in [4.69, 9.17) is 0 Å². The predicted molar refractivity (Wildman–Crippen MR) is 75.8 cm³/mol. The largest absolute Gasteiger partial charge is 0.356 e. The van der Waals surface area contributed by atoms with Crippen LogP contribution in [0.2, 0.25) is 0 Å². The van der Waals surface area contributed by atoms with Crippen LogP contribution in [0.25, 0.3) is 11.5 Å². The van der Waals surface area contributed by atoms with E-state index in [9.17, 15) is 4.79 Å². The third kappa shape index (κ3) is 2.87. The fourth-order valence-corrected chi connectivity index (χ4v) is 2.63. The van der Waals surface area contributed by atoms with E-state index < -0.39 is 0 Å². The number of imidazole rings is 1. The van der Waals surface area contributed by atoms with Gasteiger partial charge in [-0.1, -0.05) is 6.07 Å². The van der Waals surface area contributed by atoms with Gasteiger partial charge >= 0.3 is 0 Å². The monoisotopic (exact) mass is 270 g/mol. The van der Waals surface area contributed by atoms with Crippen LogP contribution >= 0.6 is 0 Å². The quantitative estimate of drug-likeness (QED) is 0.926. The lowest BCUT2D eigenvalue weighted by Crippen LogP contribution is -2.21. The minimum Gasteiger partial charge on any atom is -0.356 e. The number of nitrogens with one attached hydrogen (secondary N) is 1. The number of aromatic nitrogens is 3. The molecule has 2 aromatic heterocycles. The Morgan fingerprint density at radius 2 is 2.20 bits per heavy atom. The molecule has 1 saturated heterocycles. The van der Waals surface area contributed by atoms with Gasteiger partial charge < -0.3 is 9.88 Å². The maximum absolute atomic E-state index is 11.4. The molecule has 2 aromatic rings. The van der Waals surface area contributed by atoms with E-state index in [2.05, 4.69) is 19.9 Å². The van der Waals surface area contributed by atoms with Crippen molar-refractivity contribution in [2.45, 2.75) is 25.8 Å². The zero-order chi connectivity index (χ0) is 13.8. The third-order valence-electron chi connectivity index (χ3n) is 3.72. The molecule has 0 saturated carbocycles. The molecule has 1 N–H and O–H groups in total. The van der Waals surface area contributed by atoms with Gasteiger partial charge in [0.25, 0.3) is 0 Å². The Morgan fingerprint density at radius 1 is 1.25 bits per heavy atom. The van der Waals surface area contributed by atoms with Crippen LogP contribution in [-0.2, 0) is 11.3 Å². The Bertz CT molecular complexity index is 579. The summed E-state index contributed by atoms with van der Waals surface area (Å²) in [5.41, 5.74) is 0.889. The second kappa shape index (κ2) is 5.86. The van der Waals surface area contributed by atoms with E-state index in [0.717, 1.165) is 37.4 Å². The standard InChI is InChI=1S/C15H18N4O/c20-14-5-4-12(6-8-17-14)11-19-10-9-18-15(19)13-3-1-2-7-16-13/h1-3,7,9-10,12H,4-6,8,11H2,(H,17,20). The average molecular weight is 270 g/mol. The molecular weight excluding hydrogens is 252 g/mol. The van der Waals surface area contributed by atoms with Crippen molar-refractivity contribution in [2.75, 3.05) is 6.54 Å². The summed E-state index contributed by atoms with van der Waals surface area (Å²) in [6.45, 7) is 1.66. The summed E-state index contributed by atoms with van der Waals surface area (Å²) >= 11 is 0. The maximum atomic E-state index is 11.4. The number of rotatable bonds is 3. The third-order valence-corrected chi connectivity index (χ3v) is 3.72. The lowest BCUT2D eigenvalue weighted by molar-refractivity contribution is -0.120. The van der Waals surface area contributed by atoms with Crippen molar-refractivity contribution in [1.82, 2.24) is 19.9 Å². The van der Waals surface area contributed by atoms with Crippen molar-refractivity contribution in [2.24, 2.45) is 5.92 Å². The molecule has 0 bridgehead atoms. The Morgan fingerprint density at radius 3 is 3.05 bits per heavy atom. The fourth-order valence-electron chi connectivity index (χ4n) is 2.63. The van der Waals surface area contributed by atoms with E-state index in [-0.39, 0.29) is 5.91 Å². The normalized spacial score (nSPS) is 19.4. The summed E-state index contributed by atoms with van der Waals surface area (Å²) in [7, 11) is 0. The van der Waals surface area contributed by atoms with Crippen LogP contribution in [0.4, 0.5) is 0 Å². The molecule has 0 radical (unpaired) electrons. The minimum absolute atomic E-state index is 0.170. The van der Waals surface area contributed by atoms with Gasteiger partial charge in [0, 0.05) is 38.1 Å². The summed E-state index contributed by atoms with van der Waals surface area (Å²) in [6, 6.07) is 5.84. The highest BCUT2D eigenvalue weighted by atomic mass is 16.1. The van der Waals surface area contributed by atoms with Crippen LogP contribution in [0.15, 0.2) is 36.8 Å². The van der Waals surface area contributed by atoms with Crippen LogP contribution in [-0.4, -0.2) is 27.0 Å². The molecule has 1 amide bonds. The van der Waals surface area contributed by atoms with Gasteiger partial charge in [-0.2, -0.15) is 0 Å². The van der Waals surface area contributed by atoms with Gasteiger partial charge in [-0.05, 0) is 30.9 Å². The molecule has 5 heteroatoms. The van der Waals surface area contributed by atoms with E-state index in [1.54, 1.807) is 6.20 Å². The molecule has 20 heavy (non-hydrogen) atoms. The molecule has 3 rings (SSSR count). The Hall–Kier alpha value is -2.17. The van der Waals surface area contributed by atoms with Crippen LogP contribution in [0.5, 0.6) is 0 Å². The molecule has 0 aromatic carbocycles. The topological polar surface area (TPSA) is 59.8 Å². The molecule has 1 aliphatic heterocycles. The van der Waals surface area contributed by atoms with Crippen LogP contribution in [0.1, 0.15) is 19.3 Å². The van der Waals surface area contributed by atoms with Crippen molar-refractivity contribution in [3.05, 3.63) is 36.8 Å². The summed E-state index contributed by atoms with van der Waals surface area (Å²) in [5, 5.41) is 2.92. The van der Waals surface area contributed by atoms with Gasteiger partial charge in [0.1, 0.15) is 5.69 Å². The first-order valence-electron chi connectivity index (χ1n) is 7.02. The van der Waals surface area contributed by atoms with Gasteiger partial charge in [-0.3, -0.25) is 9.78 Å². The Labute approximate surface area is 118 Å². The first-order valence-corrected chi connectivity index (χ1v) is 7.02. The summed E-state index contributed by atoms with van der Waals surface area (Å²) in [6.07, 6.45) is 8.16. The SMILES string of the molecule is O=C1CCC(Cn2ccnc2-c2ccccn2)CCN1. The number of pyridine rings is 1. The van der Waals surface area contributed by atoms with Crippen LogP contribution in [0, 0.1) is 5.92 Å². The fraction of sp³-hybridized carbons (Fsp3) is 0.400. The number of carbonyl (C=O) groups is 1. The van der Waals surface area contributed by atoms with Crippen molar-refractivity contribution in [3.8, 4) is 11.5 Å². The molecule has 104 valence electrons. The summed E-state index contributed by atoms with van der Waals surface area (Å²) in [4.78, 5) is 20.1. The van der Waals surface area contributed by atoms with Gasteiger partial charge in [-0.15, -0.1) is 0 Å². The van der Waals surface area contributed by atoms with Crippen LogP contribution < -0.4 is 5.32 Å². The average Bonchev–Trinajstić information content (AvgIpc) is 2.84. The molecular formula is C15H18N4O. The highest BCUT2D eigenvalue weighted by Gasteiger charge is 2.18. The Balaban J connectivity index is 1.75. The number of hydrogen-bond acceptors (Lipinski definition) is 3. The molecule has 1 unspecified atom stereocenters. The first kappa shape index (κ1) is 12.8. The van der Waals surface area contributed by atoms with E-state index in [0.29, 0.717) is 12.3 Å². The Kier molecular flexibility index (Phi) is 3.76. The molecule has 0 aliphatic carbocycles. The van der Waals surface area contributed by atoms with E-state index >= 15 is 0 Å². The highest BCUT2D eigenvalue weighted by molar-refractivity contribution is 5.76. The molecule has 0 spiro atoms. The van der Waals surface area contributed by atoms with Crippen molar-refractivity contribution in [1.29, 1.82) is 0 Å². The lowest BCUT2D eigenvalue weighted by Gasteiger charge is -2.15. The number of nitrogens with zero attached hydrogens (tertiary/aromatic N) is 3. The number of carbonyl (C=O) groups excluding carboxylic acids is 1. The zero-order valence-corrected chi connectivity index (χ0v) is 11.3. The van der Waals surface area contributed by atoms with Gasteiger partial charge in [0.15, 0.2) is 5.82 Å². The molecule has 1 aliphatic rings. The van der Waals surface area contributed by atoms with Crippen molar-refractivity contribution < 1.29 is 4.79 Å². The predicted octanol–water partition coefficient (Wildman–Crippen LogP) is 1.86. The zero-order valence-electron chi connectivity index (χ0n) is 11.3. The van der Waals surface area contributed by atoms with Gasteiger partial charge in [0.05, 0.1) is 0 Å². The van der Waals surface area contributed by atoms with Gasteiger partial charge in [-0.25, -0.2) is 4.98 Å². The van der Waals surface area contributed by atoms with Crippen molar-refractivity contribution in [3.63, 3.8) is 0 Å². The van der Waals surface area contributed by atoms with Crippen molar-refractivity contribution >= 4 is 5.91 Å². The molecule has 3 heterocycles. The van der Waals surface area contributed by atoms with Gasteiger partial charge in [0.2, 0.25) is 5.91 Å². The smallest absolute Gasteiger partial charge is 0.220 e. The lowest BCUT2D eigenvalue weighted by atomic mass is 10.0. The van der Waals surface area contributed by atoms with Crippen LogP contribution in [0.3, 0.4) is 0 Å². The number of hydrogen-bond donors (Lipinski definition) is 1. The van der Waals surface area contributed by atoms with E-state index in [1.807, 2.05) is 30.6 Å². The second-order valence-corrected chi connectivity index (χ2v) is 5.16. The number of amides is 1. The second-order valence-electron chi connectivity index (χ2n) is 5.16. The first-order chi connectivity index (χ1) is 9.83. The summed E-state index contributed by atoms with van der Waals surface area (Å²) in [5.74, 6) is 1.57. The molecule has 1 atom stereocenters. The highest BCUT2D eigenvalue weighted by Crippen LogP contribution is 2.20. The summed E-state index contributed by atoms with van der Waals surface area (Å²) < 4.78 is 2.14. The molecule has 5 nitrogen and oxygen atoms in total. The van der Waals surface area contributed by atoms with E-state index in [1.165, 1.54) is 0 Å².